The van der Waals surface area contributed by atoms with Crippen molar-refractivity contribution in [1.29, 1.82) is 0 Å². The summed E-state index contributed by atoms with van der Waals surface area (Å²) in [6.07, 6.45) is 5.61. The summed E-state index contributed by atoms with van der Waals surface area (Å²) in [4.78, 5) is 27.7. The van der Waals surface area contributed by atoms with Crippen LogP contribution < -0.4 is 5.32 Å². The third kappa shape index (κ3) is 6.26. The highest BCUT2D eigenvalue weighted by Gasteiger charge is 2.30. The Balaban J connectivity index is 1.64. The smallest absolute Gasteiger partial charge is 0.309 e. The van der Waals surface area contributed by atoms with E-state index >= 15 is 0 Å². The van der Waals surface area contributed by atoms with Crippen LogP contribution in [0.4, 0.5) is 10.1 Å². The second kappa shape index (κ2) is 10.1. The van der Waals surface area contributed by atoms with Crippen LogP contribution in [0.3, 0.4) is 0 Å². The van der Waals surface area contributed by atoms with E-state index in [0.717, 1.165) is 22.9 Å². The average molecular weight is 448 g/mol. The number of anilines is 1. The summed E-state index contributed by atoms with van der Waals surface area (Å²) in [5.74, 6) is -1.76. The molecule has 0 amide bonds. The maximum absolute atomic E-state index is 13.5. The second-order valence-electron chi connectivity index (χ2n) is 8.29. The topological polar surface area (TPSA) is 99.0 Å². The number of nitrogens with zero attached hydrogens (tertiary/aromatic N) is 1. The number of nitrogens with one attached hydrogen (secondary N) is 1. The normalized spacial score (nSPS) is 14.2. The fourth-order valence-corrected chi connectivity index (χ4v) is 3.12. The van der Waals surface area contributed by atoms with Gasteiger partial charge in [0.15, 0.2) is 5.78 Å². The number of carboxylic acids is 1. The molecule has 0 aliphatic heterocycles. The second-order valence-corrected chi connectivity index (χ2v) is 8.29. The van der Waals surface area contributed by atoms with Crippen LogP contribution >= 0.6 is 0 Å². The minimum Gasteiger partial charge on any atom is -0.506 e. The molecule has 2 aromatic carbocycles. The molecule has 0 aromatic heterocycles. The standard InChI is InChI=1S/C26H25FN2O4/c1-26(2,25(32)33)15-24(31)19-8-6-17(7-9-19)18-10-12-21(13-11-18)28-16-29-22-14-20(27)4-3-5-23(22)30/h4-14,16,30H,3,15H2,1-2H3,(H,28,29)(H,32,33). The fraction of sp³-hybridized carbons (Fsp3) is 0.192. The first-order chi connectivity index (χ1) is 15.7. The Morgan fingerprint density at radius 3 is 2.27 bits per heavy atom. The molecule has 170 valence electrons. The van der Waals surface area contributed by atoms with Crippen molar-refractivity contribution in [3.63, 3.8) is 0 Å². The monoisotopic (exact) mass is 448 g/mol. The molecule has 3 N–H and O–H groups in total. The molecule has 3 rings (SSSR count). The summed E-state index contributed by atoms with van der Waals surface area (Å²) in [5.41, 5.74) is 2.07. The van der Waals surface area contributed by atoms with Crippen molar-refractivity contribution >= 4 is 23.8 Å². The van der Waals surface area contributed by atoms with Gasteiger partial charge in [-0.15, -0.1) is 0 Å². The summed E-state index contributed by atoms with van der Waals surface area (Å²) < 4.78 is 13.5. The number of rotatable bonds is 8. The highest BCUT2D eigenvalue weighted by atomic mass is 19.1. The average Bonchev–Trinajstić information content (AvgIpc) is 2.94. The number of ketones is 1. The van der Waals surface area contributed by atoms with E-state index in [4.69, 9.17) is 0 Å². The van der Waals surface area contributed by atoms with E-state index in [1.807, 2.05) is 36.4 Å². The van der Waals surface area contributed by atoms with Gasteiger partial charge < -0.3 is 15.5 Å². The van der Waals surface area contributed by atoms with Crippen molar-refractivity contribution in [3.05, 3.63) is 89.6 Å². The van der Waals surface area contributed by atoms with Crippen LogP contribution in [0.1, 0.15) is 37.0 Å². The number of carboxylic acid groups (broad SMARTS) is 1. The molecule has 0 saturated heterocycles. The number of aliphatic hydroxyl groups is 1. The maximum Gasteiger partial charge on any atom is 0.309 e. The van der Waals surface area contributed by atoms with Crippen LogP contribution in [-0.4, -0.2) is 28.3 Å². The Morgan fingerprint density at radius 1 is 1.06 bits per heavy atom. The number of allylic oxidation sites excluding steroid dienone is 4. The Hall–Kier alpha value is -4.00. The van der Waals surface area contributed by atoms with Crippen molar-refractivity contribution < 1.29 is 24.2 Å². The van der Waals surface area contributed by atoms with Gasteiger partial charge in [0.2, 0.25) is 0 Å². The molecule has 0 saturated carbocycles. The number of carbonyl (C=O) groups excluding carboxylic acids is 1. The lowest BCUT2D eigenvalue weighted by Gasteiger charge is -2.17. The molecule has 1 aliphatic carbocycles. The molecule has 6 nitrogen and oxygen atoms in total. The van der Waals surface area contributed by atoms with E-state index in [0.29, 0.717) is 12.0 Å². The van der Waals surface area contributed by atoms with Gasteiger partial charge in [-0.25, -0.2) is 9.38 Å². The number of hydrogen-bond acceptors (Lipinski definition) is 4. The van der Waals surface area contributed by atoms with Gasteiger partial charge in [-0.1, -0.05) is 36.4 Å². The number of aliphatic hydroxyl groups excluding tert-OH is 1. The molecule has 1 aliphatic rings. The van der Waals surface area contributed by atoms with Gasteiger partial charge in [0.25, 0.3) is 0 Å². The first kappa shape index (κ1) is 23.7. The Morgan fingerprint density at radius 2 is 1.67 bits per heavy atom. The Labute approximate surface area is 191 Å². The fourth-order valence-electron chi connectivity index (χ4n) is 3.12. The number of halogens is 1. The summed E-state index contributed by atoms with van der Waals surface area (Å²) in [6.45, 7) is 3.06. The van der Waals surface area contributed by atoms with E-state index < -0.39 is 17.2 Å². The van der Waals surface area contributed by atoms with Crippen LogP contribution in [0, 0.1) is 5.41 Å². The van der Waals surface area contributed by atoms with E-state index in [9.17, 15) is 24.2 Å². The SMILES string of the molecule is CC(C)(CC(=O)c1ccc(-c2ccc(NC=NC3=CC(F)=CCC=C3O)cc2)cc1)C(=O)O. The summed E-state index contributed by atoms with van der Waals surface area (Å²) in [7, 11) is 0. The van der Waals surface area contributed by atoms with Crippen molar-refractivity contribution in [3.8, 4) is 11.1 Å². The molecule has 0 radical (unpaired) electrons. The highest BCUT2D eigenvalue weighted by molar-refractivity contribution is 5.99. The molecule has 0 bridgehead atoms. The summed E-state index contributed by atoms with van der Waals surface area (Å²) in [6, 6.07) is 14.5. The van der Waals surface area contributed by atoms with Crippen LogP contribution in [0.2, 0.25) is 0 Å². The van der Waals surface area contributed by atoms with E-state index in [2.05, 4.69) is 10.3 Å². The zero-order chi connectivity index (χ0) is 24.0. The summed E-state index contributed by atoms with van der Waals surface area (Å²) >= 11 is 0. The van der Waals surface area contributed by atoms with Crippen LogP contribution in [0.5, 0.6) is 0 Å². The minimum absolute atomic E-state index is 0.0724. The lowest BCUT2D eigenvalue weighted by molar-refractivity contribution is -0.146. The third-order valence-corrected chi connectivity index (χ3v) is 5.20. The predicted octanol–water partition coefficient (Wildman–Crippen LogP) is 6.06. The van der Waals surface area contributed by atoms with Gasteiger partial charge in [0, 0.05) is 23.7 Å². The highest BCUT2D eigenvalue weighted by Crippen LogP contribution is 2.26. The van der Waals surface area contributed by atoms with Crippen molar-refractivity contribution in [1.82, 2.24) is 0 Å². The number of aliphatic carboxylic acids is 1. The number of benzene rings is 2. The van der Waals surface area contributed by atoms with E-state index in [-0.39, 0.29) is 23.7 Å². The lowest BCUT2D eigenvalue weighted by Crippen LogP contribution is -2.26. The molecule has 0 heterocycles. The van der Waals surface area contributed by atoms with Gasteiger partial charge in [0.05, 0.1) is 11.8 Å². The quantitative estimate of drug-likeness (QED) is 0.259. The molecule has 7 heteroatoms. The van der Waals surface area contributed by atoms with Gasteiger partial charge in [-0.05, 0) is 55.7 Å². The molecule has 2 aromatic rings. The van der Waals surface area contributed by atoms with Crippen molar-refractivity contribution in [2.24, 2.45) is 10.4 Å². The number of Topliss-reactive ketones (excluding diaryl/α,β-unsaturated/α-hetero) is 1. The number of aliphatic imine (C=N–C) groups is 1. The largest absolute Gasteiger partial charge is 0.506 e. The number of hydrogen-bond donors (Lipinski definition) is 3. The molecule has 0 spiro atoms. The molecule has 0 unspecified atom stereocenters. The molecular weight excluding hydrogens is 423 g/mol. The van der Waals surface area contributed by atoms with Gasteiger partial charge in [0.1, 0.15) is 17.3 Å². The molecular formula is C26H25FN2O4. The van der Waals surface area contributed by atoms with Crippen molar-refractivity contribution in [2.45, 2.75) is 26.7 Å². The van der Waals surface area contributed by atoms with Crippen molar-refractivity contribution in [2.75, 3.05) is 5.32 Å². The maximum atomic E-state index is 13.5. The Bertz CT molecular complexity index is 1160. The van der Waals surface area contributed by atoms with Crippen LogP contribution in [-0.2, 0) is 4.79 Å². The van der Waals surface area contributed by atoms with Gasteiger partial charge in [-0.3, -0.25) is 9.59 Å². The minimum atomic E-state index is -1.12. The van der Waals surface area contributed by atoms with E-state index in [1.165, 1.54) is 32.3 Å². The lowest BCUT2D eigenvalue weighted by atomic mass is 9.85. The first-order valence-corrected chi connectivity index (χ1v) is 10.4. The third-order valence-electron chi connectivity index (χ3n) is 5.20. The van der Waals surface area contributed by atoms with Crippen LogP contribution in [0.15, 0.2) is 89.0 Å². The predicted molar refractivity (Wildman–Crippen MR) is 127 cm³/mol. The molecule has 0 fully saturated rings. The van der Waals surface area contributed by atoms with Gasteiger partial charge >= 0.3 is 5.97 Å². The zero-order valence-corrected chi connectivity index (χ0v) is 18.4. The van der Waals surface area contributed by atoms with Crippen LogP contribution in [0.25, 0.3) is 11.1 Å². The molecule has 0 atom stereocenters. The van der Waals surface area contributed by atoms with Gasteiger partial charge in [-0.2, -0.15) is 0 Å². The first-order valence-electron chi connectivity index (χ1n) is 10.4. The number of carbonyl (C=O) groups is 2. The Kier molecular flexibility index (Phi) is 7.23. The summed E-state index contributed by atoms with van der Waals surface area (Å²) in [5, 5.41) is 22.0. The zero-order valence-electron chi connectivity index (χ0n) is 18.4. The van der Waals surface area contributed by atoms with E-state index in [1.54, 1.807) is 12.1 Å². The molecule has 33 heavy (non-hydrogen) atoms.